The Hall–Kier alpha value is -1.55. The average molecular weight is 297 g/mol. The van der Waals surface area contributed by atoms with E-state index in [9.17, 15) is 4.79 Å². The molecule has 0 aromatic heterocycles. The van der Waals surface area contributed by atoms with Crippen LogP contribution in [0.4, 0.5) is 0 Å². The molecule has 0 radical (unpaired) electrons. The molecular weight excluding hydrogens is 284 g/mol. The number of rotatable bonds is 5. The van der Waals surface area contributed by atoms with Gasteiger partial charge in [0.15, 0.2) is 0 Å². The quantitative estimate of drug-likeness (QED) is 0.669. The molecule has 0 amide bonds. The molecule has 0 spiro atoms. The molecule has 90 valence electrons. The van der Waals surface area contributed by atoms with Gasteiger partial charge in [0.2, 0.25) is 0 Å². The summed E-state index contributed by atoms with van der Waals surface area (Å²) >= 11 is 3.37. The van der Waals surface area contributed by atoms with E-state index in [1.165, 1.54) is 6.08 Å². The summed E-state index contributed by atoms with van der Waals surface area (Å²) in [7, 11) is 0. The van der Waals surface area contributed by atoms with Crippen molar-refractivity contribution in [2.24, 2.45) is 0 Å². The molecule has 0 aliphatic carbocycles. The molecule has 4 heteroatoms. The summed E-state index contributed by atoms with van der Waals surface area (Å²) in [6, 6.07) is 3.72. The number of hydrogen-bond donors (Lipinski definition) is 1. The zero-order valence-corrected chi connectivity index (χ0v) is 11.0. The Morgan fingerprint density at radius 3 is 2.88 bits per heavy atom. The van der Waals surface area contributed by atoms with Gasteiger partial charge in [0, 0.05) is 16.1 Å². The minimum absolute atomic E-state index is 0.385. The maximum Gasteiger partial charge on any atom is 0.328 e. The minimum atomic E-state index is -0.989. The lowest BCUT2D eigenvalue weighted by Gasteiger charge is -2.11. The van der Waals surface area contributed by atoms with Gasteiger partial charge < -0.3 is 9.84 Å². The van der Waals surface area contributed by atoms with Gasteiger partial charge in [-0.15, -0.1) is 0 Å². The molecule has 0 atom stereocenters. The fourth-order valence-corrected chi connectivity index (χ4v) is 1.97. The topological polar surface area (TPSA) is 46.5 Å². The van der Waals surface area contributed by atoms with Crippen LogP contribution in [0.15, 0.2) is 35.3 Å². The van der Waals surface area contributed by atoms with Crippen LogP contribution in [0.1, 0.15) is 11.1 Å². The minimum Gasteiger partial charge on any atom is -0.489 e. The predicted octanol–water partition coefficient (Wildman–Crippen LogP) is 3.42. The van der Waals surface area contributed by atoms with E-state index in [0.29, 0.717) is 12.4 Å². The molecule has 1 N–H and O–H groups in total. The number of aliphatic carboxylic acids is 1. The van der Waals surface area contributed by atoms with Crippen molar-refractivity contribution in [2.45, 2.75) is 6.92 Å². The first-order valence-electron chi connectivity index (χ1n) is 4.99. The monoisotopic (exact) mass is 296 g/mol. The summed E-state index contributed by atoms with van der Waals surface area (Å²) in [5.74, 6) is -0.317. The van der Waals surface area contributed by atoms with Crippen molar-refractivity contribution in [1.82, 2.24) is 0 Å². The van der Waals surface area contributed by atoms with E-state index in [-0.39, 0.29) is 0 Å². The molecule has 1 rings (SSSR count). The number of hydrogen-bond acceptors (Lipinski definition) is 2. The van der Waals surface area contributed by atoms with Crippen LogP contribution in [0.3, 0.4) is 0 Å². The van der Waals surface area contributed by atoms with Gasteiger partial charge in [-0.2, -0.15) is 0 Å². The van der Waals surface area contributed by atoms with Gasteiger partial charge in [-0.25, -0.2) is 4.79 Å². The Bertz CT molecular complexity index is 464. The number of aryl methyl sites for hydroxylation is 1. The molecule has 0 aliphatic rings. The van der Waals surface area contributed by atoms with E-state index >= 15 is 0 Å². The number of carboxylic acid groups (broad SMARTS) is 1. The first-order valence-corrected chi connectivity index (χ1v) is 5.78. The third kappa shape index (κ3) is 4.07. The molecule has 0 bridgehead atoms. The zero-order valence-electron chi connectivity index (χ0n) is 9.44. The van der Waals surface area contributed by atoms with Crippen molar-refractivity contribution in [3.8, 4) is 5.75 Å². The number of carbonyl (C=O) groups is 1. The summed E-state index contributed by atoms with van der Waals surface area (Å²) in [5.41, 5.74) is 1.66. The number of halogens is 1. The summed E-state index contributed by atoms with van der Waals surface area (Å²) in [4.78, 5) is 10.5. The maximum atomic E-state index is 10.5. The zero-order chi connectivity index (χ0) is 12.8. The van der Waals surface area contributed by atoms with E-state index in [0.717, 1.165) is 21.7 Å². The van der Waals surface area contributed by atoms with Crippen LogP contribution < -0.4 is 4.74 Å². The first kappa shape index (κ1) is 13.5. The highest BCUT2D eigenvalue weighted by Gasteiger charge is 2.06. The van der Waals surface area contributed by atoms with Crippen LogP contribution in [0, 0.1) is 6.92 Å². The van der Waals surface area contributed by atoms with E-state index in [4.69, 9.17) is 9.84 Å². The molecular formula is C13H13BrO3. The number of carboxylic acids is 1. The highest BCUT2D eigenvalue weighted by atomic mass is 79.9. The lowest BCUT2D eigenvalue weighted by Crippen LogP contribution is -1.98. The van der Waals surface area contributed by atoms with E-state index < -0.39 is 5.97 Å². The van der Waals surface area contributed by atoms with Gasteiger partial charge in [-0.1, -0.05) is 28.6 Å². The highest BCUT2D eigenvalue weighted by molar-refractivity contribution is 9.10. The Balaban J connectivity index is 3.14. The van der Waals surface area contributed by atoms with E-state index in [1.807, 2.05) is 19.1 Å². The summed E-state index contributed by atoms with van der Waals surface area (Å²) in [6.07, 6.45) is 4.24. The van der Waals surface area contributed by atoms with Crippen LogP contribution in [0.2, 0.25) is 0 Å². The number of benzene rings is 1. The SMILES string of the molecule is C=CCOc1c(C)cc(Br)cc1/C=C/C(=O)O. The average Bonchev–Trinajstić information content (AvgIpc) is 2.24. The normalized spacial score (nSPS) is 10.5. The Labute approximate surface area is 109 Å². The first-order chi connectivity index (χ1) is 8.04. The fourth-order valence-electron chi connectivity index (χ4n) is 1.38. The molecule has 1 aromatic carbocycles. The van der Waals surface area contributed by atoms with Crippen molar-refractivity contribution < 1.29 is 14.6 Å². The van der Waals surface area contributed by atoms with Crippen molar-refractivity contribution >= 4 is 28.0 Å². The second-order valence-corrected chi connectivity index (χ2v) is 4.33. The van der Waals surface area contributed by atoms with Crippen molar-refractivity contribution in [1.29, 1.82) is 0 Å². The molecule has 0 fully saturated rings. The Kier molecular flexibility index (Phi) is 4.97. The lowest BCUT2D eigenvalue weighted by molar-refractivity contribution is -0.131. The molecule has 0 aliphatic heterocycles. The largest absolute Gasteiger partial charge is 0.489 e. The third-order valence-corrected chi connectivity index (χ3v) is 2.48. The van der Waals surface area contributed by atoms with Gasteiger partial charge in [0.05, 0.1) is 0 Å². The van der Waals surface area contributed by atoms with Gasteiger partial charge in [-0.05, 0) is 30.7 Å². The molecule has 0 saturated carbocycles. The second-order valence-electron chi connectivity index (χ2n) is 3.41. The summed E-state index contributed by atoms with van der Waals surface area (Å²) < 4.78 is 6.40. The van der Waals surface area contributed by atoms with Crippen LogP contribution in [0.25, 0.3) is 6.08 Å². The van der Waals surface area contributed by atoms with Crippen molar-refractivity contribution in [3.63, 3.8) is 0 Å². The molecule has 0 saturated heterocycles. The van der Waals surface area contributed by atoms with Gasteiger partial charge in [-0.3, -0.25) is 0 Å². The van der Waals surface area contributed by atoms with Crippen LogP contribution >= 0.6 is 15.9 Å². The summed E-state index contributed by atoms with van der Waals surface area (Å²) in [5, 5.41) is 8.62. The van der Waals surface area contributed by atoms with Crippen molar-refractivity contribution in [3.05, 3.63) is 46.5 Å². The molecule has 0 heterocycles. The van der Waals surface area contributed by atoms with Crippen LogP contribution in [-0.4, -0.2) is 17.7 Å². The van der Waals surface area contributed by atoms with Gasteiger partial charge in [0.1, 0.15) is 12.4 Å². The third-order valence-electron chi connectivity index (χ3n) is 2.02. The fraction of sp³-hybridized carbons (Fsp3) is 0.154. The molecule has 17 heavy (non-hydrogen) atoms. The predicted molar refractivity (Wildman–Crippen MR) is 71.2 cm³/mol. The Morgan fingerprint density at radius 1 is 1.59 bits per heavy atom. The molecule has 1 aromatic rings. The van der Waals surface area contributed by atoms with Gasteiger partial charge >= 0.3 is 5.97 Å². The molecule has 0 unspecified atom stereocenters. The van der Waals surface area contributed by atoms with Gasteiger partial charge in [0.25, 0.3) is 0 Å². The standard InChI is InChI=1S/C13H13BrO3/c1-3-6-17-13-9(2)7-11(14)8-10(13)4-5-12(15)16/h3-5,7-8H,1,6H2,2H3,(H,15,16)/b5-4+. The summed E-state index contributed by atoms with van der Waals surface area (Å²) in [6.45, 7) is 5.87. The lowest BCUT2D eigenvalue weighted by atomic mass is 10.1. The van der Waals surface area contributed by atoms with E-state index in [1.54, 1.807) is 6.08 Å². The van der Waals surface area contributed by atoms with E-state index in [2.05, 4.69) is 22.5 Å². The van der Waals surface area contributed by atoms with Crippen molar-refractivity contribution in [2.75, 3.05) is 6.61 Å². The maximum absolute atomic E-state index is 10.5. The smallest absolute Gasteiger partial charge is 0.328 e. The Morgan fingerprint density at radius 2 is 2.29 bits per heavy atom. The second kappa shape index (κ2) is 6.25. The number of ether oxygens (including phenoxy) is 1. The molecule has 3 nitrogen and oxygen atoms in total. The van der Waals surface area contributed by atoms with Crippen LogP contribution in [0.5, 0.6) is 5.75 Å². The van der Waals surface area contributed by atoms with Crippen LogP contribution in [-0.2, 0) is 4.79 Å². The highest BCUT2D eigenvalue weighted by Crippen LogP contribution is 2.29.